The lowest BCUT2D eigenvalue weighted by Gasteiger charge is -2.17. The minimum Gasteiger partial charge on any atom is -0.258 e. The molecule has 0 saturated heterocycles. The molecule has 1 aliphatic rings. The van der Waals surface area contributed by atoms with Gasteiger partial charge in [0.1, 0.15) is 0 Å². The molecule has 0 heterocycles. The molecule has 0 aliphatic heterocycles. The number of benzene rings is 1. The van der Waals surface area contributed by atoms with Gasteiger partial charge >= 0.3 is 0 Å². The summed E-state index contributed by atoms with van der Waals surface area (Å²) in [7, 11) is 0. The van der Waals surface area contributed by atoms with Gasteiger partial charge in [0.15, 0.2) is 0 Å². The van der Waals surface area contributed by atoms with Gasteiger partial charge in [-0.15, -0.1) is 11.6 Å². The summed E-state index contributed by atoms with van der Waals surface area (Å²) in [5, 5.41) is 11.1. The first-order valence-corrected chi connectivity index (χ1v) is 6.74. The second-order valence-corrected chi connectivity index (χ2v) is 6.26. The fraction of sp³-hybridized carbons (Fsp3) is 0.500. The molecule has 1 saturated carbocycles. The highest BCUT2D eigenvalue weighted by atomic mass is 79.9. The van der Waals surface area contributed by atoms with E-state index in [-0.39, 0.29) is 21.4 Å². The molecule has 0 radical (unpaired) electrons. The monoisotopic (exact) mass is 317 g/mol. The maximum Gasteiger partial charge on any atom is 0.273 e. The van der Waals surface area contributed by atoms with Gasteiger partial charge in [0, 0.05) is 21.5 Å². The summed E-state index contributed by atoms with van der Waals surface area (Å²) < 4.78 is 0.733. The van der Waals surface area contributed by atoms with E-state index < -0.39 is 0 Å². The predicted molar refractivity (Wildman–Crippen MR) is 71.5 cm³/mol. The van der Waals surface area contributed by atoms with E-state index in [1.807, 2.05) is 19.1 Å². The lowest BCUT2D eigenvalue weighted by Crippen LogP contribution is -2.16. The average molecular weight is 319 g/mol. The van der Waals surface area contributed by atoms with E-state index in [1.54, 1.807) is 6.07 Å². The zero-order chi connectivity index (χ0) is 12.6. The van der Waals surface area contributed by atoms with Gasteiger partial charge in [-0.1, -0.05) is 22.0 Å². The van der Waals surface area contributed by atoms with E-state index >= 15 is 0 Å². The summed E-state index contributed by atoms with van der Waals surface area (Å²) in [4.78, 5) is 10.7. The van der Waals surface area contributed by atoms with Crippen LogP contribution in [0.15, 0.2) is 22.7 Å². The van der Waals surface area contributed by atoms with Crippen LogP contribution in [0.1, 0.15) is 25.3 Å². The van der Waals surface area contributed by atoms with E-state index in [9.17, 15) is 10.1 Å². The highest BCUT2D eigenvalue weighted by Crippen LogP contribution is 2.54. The van der Waals surface area contributed by atoms with Gasteiger partial charge in [0.25, 0.3) is 5.69 Å². The second-order valence-electron chi connectivity index (χ2n) is 4.69. The van der Waals surface area contributed by atoms with E-state index in [1.165, 1.54) is 0 Å². The molecule has 1 unspecified atom stereocenters. The number of halogens is 2. The smallest absolute Gasteiger partial charge is 0.258 e. The number of hydrogen-bond acceptors (Lipinski definition) is 2. The van der Waals surface area contributed by atoms with Gasteiger partial charge in [-0.2, -0.15) is 0 Å². The van der Waals surface area contributed by atoms with Crippen LogP contribution in [0, 0.1) is 15.5 Å². The largest absolute Gasteiger partial charge is 0.273 e. The Morgan fingerprint density at radius 1 is 1.59 bits per heavy atom. The zero-order valence-corrected chi connectivity index (χ0v) is 11.8. The SMILES string of the molecule is CC(Cl)C1(Cc2ccc(Br)cc2[N+](=O)[O-])CC1. The Balaban J connectivity index is 2.30. The first-order valence-electron chi connectivity index (χ1n) is 5.51. The lowest BCUT2D eigenvalue weighted by molar-refractivity contribution is -0.385. The molecule has 0 aromatic heterocycles. The third-order valence-electron chi connectivity index (χ3n) is 3.52. The van der Waals surface area contributed by atoms with Crippen molar-refractivity contribution in [3.05, 3.63) is 38.3 Å². The third kappa shape index (κ3) is 2.63. The second kappa shape index (κ2) is 4.58. The van der Waals surface area contributed by atoms with Crippen molar-refractivity contribution < 1.29 is 4.92 Å². The topological polar surface area (TPSA) is 43.1 Å². The van der Waals surface area contributed by atoms with Gasteiger partial charge in [-0.25, -0.2) is 0 Å². The van der Waals surface area contributed by atoms with Crippen LogP contribution >= 0.6 is 27.5 Å². The molecular formula is C12H13BrClNO2. The summed E-state index contributed by atoms with van der Waals surface area (Å²) in [5.74, 6) is 0. The third-order valence-corrected chi connectivity index (χ3v) is 4.48. The number of alkyl halides is 1. The van der Waals surface area contributed by atoms with Gasteiger partial charge < -0.3 is 0 Å². The van der Waals surface area contributed by atoms with Gasteiger partial charge in [-0.3, -0.25) is 10.1 Å². The quantitative estimate of drug-likeness (QED) is 0.472. The normalized spacial score (nSPS) is 18.8. The molecule has 3 nitrogen and oxygen atoms in total. The Morgan fingerprint density at radius 2 is 2.24 bits per heavy atom. The minimum absolute atomic E-state index is 0.0609. The fourth-order valence-electron chi connectivity index (χ4n) is 2.11. The van der Waals surface area contributed by atoms with Gasteiger partial charge in [0.2, 0.25) is 0 Å². The first kappa shape index (κ1) is 12.8. The minimum atomic E-state index is -0.324. The van der Waals surface area contributed by atoms with Gasteiger partial charge in [-0.05, 0) is 37.7 Å². The van der Waals surface area contributed by atoms with Crippen molar-refractivity contribution in [3.8, 4) is 0 Å². The van der Waals surface area contributed by atoms with Crippen molar-refractivity contribution in [2.45, 2.75) is 31.6 Å². The van der Waals surface area contributed by atoms with Crippen LogP contribution < -0.4 is 0 Å². The molecule has 1 aromatic rings. The number of nitrogens with zero attached hydrogens (tertiary/aromatic N) is 1. The van der Waals surface area contributed by atoms with Crippen molar-refractivity contribution in [2.24, 2.45) is 5.41 Å². The van der Waals surface area contributed by atoms with Crippen LogP contribution in [0.4, 0.5) is 5.69 Å². The van der Waals surface area contributed by atoms with Crippen LogP contribution in [-0.4, -0.2) is 10.3 Å². The lowest BCUT2D eigenvalue weighted by atomic mass is 9.92. The number of hydrogen-bond donors (Lipinski definition) is 0. The fourth-order valence-corrected chi connectivity index (χ4v) is 2.76. The Hall–Kier alpha value is -0.610. The van der Waals surface area contributed by atoms with Crippen molar-refractivity contribution in [1.82, 2.24) is 0 Å². The Morgan fingerprint density at radius 3 is 2.71 bits per heavy atom. The molecule has 0 amide bonds. The van der Waals surface area contributed by atoms with Crippen LogP contribution in [-0.2, 0) is 6.42 Å². The summed E-state index contributed by atoms with van der Waals surface area (Å²) in [6.45, 7) is 1.97. The Labute approximate surface area is 113 Å². The average Bonchev–Trinajstić information content (AvgIpc) is 3.01. The first-order chi connectivity index (χ1) is 7.94. The van der Waals surface area contributed by atoms with Crippen molar-refractivity contribution in [2.75, 3.05) is 0 Å². The van der Waals surface area contributed by atoms with Crippen LogP contribution in [0.5, 0.6) is 0 Å². The van der Waals surface area contributed by atoms with E-state index in [2.05, 4.69) is 15.9 Å². The maximum absolute atomic E-state index is 11.0. The highest BCUT2D eigenvalue weighted by Gasteiger charge is 2.47. The van der Waals surface area contributed by atoms with Crippen molar-refractivity contribution in [3.63, 3.8) is 0 Å². The predicted octanol–water partition coefficient (Wildman–Crippen LogP) is 4.31. The number of nitro benzene ring substituents is 1. The number of nitro groups is 1. The highest BCUT2D eigenvalue weighted by molar-refractivity contribution is 9.10. The summed E-state index contributed by atoms with van der Waals surface area (Å²) in [5.41, 5.74) is 1.03. The summed E-state index contributed by atoms with van der Waals surface area (Å²) >= 11 is 9.42. The summed E-state index contributed by atoms with van der Waals surface area (Å²) in [6, 6.07) is 5.23. The van der Waals surface area contributed by atoms with Crippen LogP contribution in [0.25, 0.3) is 0 Å². The standard InChI is InChI=1S/C12H13BrClNO2/c1-8(14)12(4-5-12)7-9-2-3-10(13)6-11(9)15(16)17/h2-3,6,8H,4-5,7H2,1H3. The Kier molecular flexibility index (Phi) is 3.46. The van der Waals surface area contributed by atoms with E-state index in [0.717, 1.165) is 22.9 Å². The molecule has 1 atom stereocenters. The molecular weight excluding hydrogens is 305 g/mol. The summed E-state index contributed by atoms with van der Waals surface area (Å²) in [6.07, 6.45) is 2.82. The molecule has 1 aromatic carbocycles. The molecule has 1 fully saturated rings. The zero-order valence-electron chi connectivity index (χ0n) is 9.45. The Bertz CT molecular complexity index is 458. The van der Waals surface area contributed by atoms with Crippen molar-refractivity contribution in [1.29, 1.82) is 0 Å². The maximum atomic E-state index is 11.0. The molecule has 17 heavy (non-hydrogen) atoms. The number of rotatable bonds is 4. The molecule has 0 spiro atoms. The van der Waals surface area contributed by atoms with Crippen LogP contribution in [0.2, 0.25) is 0 Å². The molecule has 0 N–H and O–H groups in total. The molecule has 92 valence electrons. The molecule has 2 rings (SSSR count). The molecule has 5 heteroatoms. The van der Waals surface area contributed by atoms with E-state index in [0.29, 0.717) is 6.42 Å². The van der Waals surface area contributed by atoms with Crippen LogP contribution in [0.3, 0.4) is 0 Å². The van der Waals surface area contributed by atoms with Crippen molar-refractivity contribution >= 4 is 33.2 Å². The molecule has 1 aliphatic carbocycles. The van der Waals surface area contributed by atoms with E-state index in [4.69, 9.17) is 11.6 Å². The van der Waals surface area contributed by atoms with Gasteiger partial charge in [0.05, 0.1) is 4.92 Å². The molecule has 0 bridgehead atoms.